The monoisotopic (exact) mass is 281 g/mol. The van der Waals surface area contributed by atoms with Gasteiger partial charge in [0, 0.05) is 11.8 Å². The first kappa shape index (κ1) is 12.9. The van der Waals surface area contributed by atoms with Crippen molar-refractivity contribution < 1.29 is 4.92 Å². The Hall–Kier alpha value is -3.09. The molecule has 0 amide bonds. The molecule has 1 aromatic carbocycles. The number of benzene rings is 1. The van der Waals surface area contributed by atoms with Gasteiger partial charge in [-0.1, -0.05) is 12.1 Å². The first-order valence-electron chi connectivity index (χ1n) is 6.24. The molecule has 0 saturated heterocycles. The van der Waals surface area contributed by atoms with Gasteiger partial charge in [-0.25, -0.2) is 9.97 Å². The molecular weight excluding hydrogens is 270 g/mol. The van der Waals surface area contributed by atoms with Gasteiger partial charge < -0.3 is 5.32 Å². The molecule has 104 valence electrons. The van der Waals surface area contributed by atoms with Crippen LogP contribution in [0.1, 0.15) is 5.56 Å². The predicted octanol–water partition coefficient (Wildman–Crippen LogP) is 2.99. The molecule has 7 heteroatoms. The Balaban J connectivity index is 2.02. The number of fused-ring (bicyclic) bond motifs is 1. The second kappa shape index (κ2) is 5.12. The quantitative estimate of drug-likeness (QED) is 0.586. The number of anilines is 2. The molecule has 0 unspecified atom stereocenters. The number of para-hydroxylation sites is 2. The topological polar surface area (TPSA) is 93.8 Å². The molecule has 0 aliphatic carbocycles. The van der Waals surface area contributed by atoms with Crippen LogP contribution in [-0.2, 0) is 0 Å². The van der Waals surface area contributed by atoms with E-state index in [2.05, 4.69) is 20.3 Å². The van der Waals surface area contributed by atoms with Gasteiger partial charge in [0.05, 0.1) is 22.2 Å². The zero-order valence-electron chi connectivity index (χ0n) is 11.1. The molecular formula is C14H11N5O2. The normalized spacial score (nSPS) is 10.5. The van der Waals surface area contributed by atoms with Gasteiger partial charge in [0.1, 0.15) is 0 Å². The number of aromatic nitrogens is 3. The largest absolute Gasteiger partial charge is 0.318 e. The summed E-state index contributed by atoms with van der Waals surface area (Å²) in [4.78, 5) is 23.3. The summed E-state index contributed by atoms with van der Waals surface area (Å²) in [5.74, 6) is 0.569. The standard InChI is InChI=1S/C14H11N5O2/c1-9-6-7-15-14(13(9)19(20)21)18-12-8-16-10-4-2-3-5-11(10)17-12/h2-8H,1H3,(H,15,17,18). The third kappa shape index (κ3) is 2.48. The van der Waals surface area contributed by atoms with Gasteiger partial charge in [0.25, 0.3) is 0 Å². The van der Waals surface area contributed by atoms with Crippen molar-refractivity contribution in [3.8, 4) is 0 Å². The Morgan fingerprint density at radius 2 is 1.90 bits per heavy atom. The zero-order chi connectivity index (χ0) is 14.8. The summed E-state index contributed by atoms with van der Waals surface area (Å²) in [5, 5.41) is 14.0. The van der Waals surface area contributed by atoms with Crippen LogP contribution in [0.4, 0.5) is 17.3 Å². The van der Waals surface area contributed by atoms with E-state index in [0.717, 1.165) is 5.52 Å². The van der Waals surface area contributed by atoms with E-state index < -0.39 is 4.92 Å². The summed E-state index contributed by atoms with van der Waals surface area (Å²) < 4.78 is 0. The summed E-state index contributed by atoms with van der Waals surface area (Å²) in [6.45, 7) is 1.66. The average molecular weight is 281 g/mol. The molecule has 3 aromatic rings. The second-order valence-electron chi connectivity index (χ2n) is 4.45. The molecule has 2 aromatic heterocycles. The summed E-state index contributed by atoms with van der Waals surface area (Å²) >= 11 is 0. The Bertz CT molecular complexity index is 834. The van der Waals surface area contributed by atoms with Crippen molar-refractivity contribution in [3.05, 3.63) is 58.4 Å². The van der Waals surface area contributed by atoms with Crippen LogP contribution in [-0.4, -0.2) is 19.9 Å². The number of hydrogen-bond acceptors (Lipinski definition) is 6. The fraction of sp³-hybridized carbons (Fsp3) is 0.0714. The number of nitrogens with zero attached hydrogens (tertiary/aromatic N) is 4. The van der Waals surface area contributed by atoms with E-state index in [4.69, 9.17) is 0 Å². The van der Waals surface area contributed by atoms with Crippen LogP contribution < -0.4 is 5.32 Å². The van der Waals surface area contributed by atoms with Crippen LogP contribution in [0, 0.1) is 17.0 Å². The lowest BCUT2D eigenvalue weighted by molar-refractivity contribution is -0.384. The maximum atomic E-state index is 11.1. The molecule has 0 aliphatic heterocycles. The maximum Gasteiger partial charge on any atom is 0.314 e. The maximum absolute atomic E-state index is 11.1. The molecule has 3 rings (SSSR count). The van der Waals surface area contributed by atoms with E-state index >= 15 is 0 Å². The third-order valence-corrected chi connectivity index (χ3v) is 3.00. The smallest absolute Gasteiger partial charge is 0.314 e. The predicted molar refractivity (Wildman–Crippen MR) is 78.4 cm³/mol. The highest BCUT2D eigenvalue weighted by Crippen LogP contribution is 2.27. The molecule has 7 nitrogen and oxygen atoms in total. The first-order chi connectivity index (χ1) is 10.1. The minimum Gasteiger partial charge on any atom is -0.318 e. The Morgan fingerprint density at radius 3 is 2.67 bits per heavy atom. The number of hydrogen-bond donors (Lipinski definition) is 1. The Labute approximate surface area is 119 Å². The minimum absolute atomic E-state index is 0.0625. The van der Waals surface area contributed by atoms with Gasteiger partial charge in [0.2, 0.25) is 5.82 Å². The summed E-state index contributed by atoms with van der Waals surface area (Å²) in [6.07, 6.45) is 3.04. The SMILES string of the molecule is Cc1ccnc(Nc2cnc3ccccc3n2)c1[N+](=O)[O-]. The third-order valence-electron chi connectivity index (χ3n) is 3.00. The molecule has 0 spiro atoms. The van der Waals surface area contributed by atoms with Crippen LogP contribution in [0.15, 0.2) is 42.7 Å². The summed E-state index contributed by atoms with van der Waals surface area (Å²) in [6, 6.07) is 8.99. The fourth-order valence-electron chi connectivity index (χ4n) is 2.01. The molecule has 2 heterocycles. The molecule has 1 N–H and O–H groups in total. The lowest BCUT2D eigenvalue weighted by Gasteiger charge is -2.07. The van der Waals surface area contributed by atoms with E-state index in [0.29, 0.717) is 16.9 Å². The average Bonchev–Trinajstić information content (AvgIpc) is 2.47. The van der Waals surface area contributed by atoms with E-state index in [1.54, 1.807) is 13.0 Å². The van der Waals surface area contributed by atoms with Crippen molar-refractivity contribution in [3.63, 3.8) is 0 Å². The number of nitrogens with one attached hydrogen (secondary N) is 1. The van der Waals surface area contributed by atoms with Crippen molar-refractivity contribution in [2.45, 2.75) is 6.92 Å². The van der Waals surface area contributed by atoms with E-state index in [1.165, 1.54) is 12.4 Å². The van der Waals surface area contributed by atoms with Crippen LogP contribution in [0.2, 0.25) is 0 Å². The van der Waals surface area contributed by atoms with Gasteiger partial charge in [-0.2, -0.15) is 0 Å². The van der Waals surface area contributed by atoms with E-state index in [-0.39, 0.29) is 11.5 Å². The summed E-state index contributed by atoms with van der Waals surface area (Å²) in [7, 11) is 0. The first-order valence-corrected chi connectivity index (χ1v) is 6.24. The molecule has 0 radical (unpaired) electrons. The van der Waals surface area contributed by atoms with Crippen LogP contribution in [0.25, 0.3) is 11.0 Å². The fourth-order valence-corrected chi connectivity index (χ4v) is 2.01. The Morgan fingerprint density at radius 1 is 1.14 bits per heavy atom. The molecule has 21 heavy (non-hydrogen) atoms. The second-order valence-corrected chi connectivity index (χ2v) is 4.45. The highest BCUT2D eigenvalue weighted by Gasteiger charge is 2.18. The van der Waals surface area contributed by atoms with Crippen LogP contribution in [0.3, 0.4) is 0 Å². The number of rotatable bonds is 3. The van der Waals surface area contributed by atoms with Gasteiger partial charge in [-0.05, 0) is 25.1 Å². The van der Waals surface area contributed by atoms with Crippen molar-refractivity contribution in [2.24, 2.45) is 0 Å². The van der Waals surface area contributed by atoms with Crippen LogP contribution >= 0.6 is 0 Å². The Kier molecular flexibility index (Phi) is 3.15. The number of pyridine rings is 1. The van der Waals surface area contributed by atoms with Crippen molar-refractivity contribution in [1.82, 2.24) is 15.0 Å². The molecule has 0 aliphatic rings. The van der Waals surface area contributed by atoms with E-state index in [1.807, 2.05) is 24.3 Å². The van der Waals surface area contributed by atoms with E-state index in [9.17, 15) is 10.1 Å². The van der Waals surface area contributed by atoms with Crippen molar-refractivity contribution in [2.75, 3.05) is 5.32 Å². The molecule has 0 atom stereocenters. The zero-order valence-corrected chi connectivity index (χ0v) is 11.1. The highest BCUT2D eigenvalue weighted by molar-refractivity contribution is 5.76. The van der Waals surface area contributed by atoms with Crippen molar-refractivity contribution in [1.29, 1.82) is 0 Å². The molecule has 0 fully saturated rings. The van der Waals surface area contributed by atoms with Gasteiger partial charge in [0.15, 0.2) is 5.82 Å². The van der Waals surface area contributed by atoms with Crippen LogP contribution in [0.5, 0.6) is 0 Å². The van der Waals surface area contributed by atoms with Gasteiger partial charge in [-0.15, -0.1) is 0 Å². The van der Waals surface area contributed by atoms with Gasteiger partial charge in [-0.3, -0.25) is 15.1 Å². The lowest BCUT2D eigenvalue weighted by Crippen LogP contribution is -2.03. The minimum atomic E-state index is -0.459. The molecule has 0 saturated carbocycles. The lowest BCUT2D eigenvalue weighted by atomic mass is 10.2. The summed E-state index contributed by atoms with van der Waals surface area (Å²) in [5.41, 5.74) is 1.94. The number of aryl methyl sites for hydroxylation is 1. The molecule has 0 bridgehead atoms. The van der Waals surface area contributed by atoms with Gasteiger partial charge >= 0.3 is 5.69 Å². The van der Waals surface area contributed by atoms with Crippen molar-refractivity contribution >= 4 is 28.4 Å². The highest BCUT2D eigenvalue weighted by atomic mass is 16.6. The number of nitro groups is 1.